The third kappa shape index (κ3) is 2.62. The van der Waals surface area contributed by atoms with Crippen LogP contribution in [0.2, 0.25) is 0 Å². The Morgan fingerprint density at radius 1 is 1.17 bits per heavy atom. The van der Waals surface area contributed by atoms with E-state index in [0.717, 1.165) is 24.3 Å². The summed E-state index contributed by atoms with van der Waals surface area (Å²) in [6.45, 7) is 0.588. The molecule has 1 aliphatic carbocycles. The molecule has 23 heavy (non-hydrogen) atoms. The molecule has 0 bridgehead atoms. The van der Waals surface area contributed by atoms with Crippen LogP contribution < -0.4 is 9.64 Å². The molecule has 5 nitrogen and oxygen atoms in total. The van der Waals surface area contributed by atoms with E-state index in [0.29, 0.717) is 13.0 Å². The van der Waals surface area contributed by atoms with E-state index in [-0.39, 0.29) is 23.8 Å². The van der Waals surface area contributed by atoms with Crippen LogP contribution in [-0.4, -0.2) is 37.6 Å². The molecule has 3 aliphatic rings. The minimum Gasteiger partial charge on any atom is -0.497 e. The lowest BCUT2D eigenvalue weighted by Crippen LogP contribution is -2.59. The minimum absolute atomic E-state index is 0.0205. The Morgan fingerprint density at radius 2 is 1.91 bits per heavy atom. The third-order valence-corrected chi connectivity index (χ3v) is 5.26. The van der Waals surface area contributed by atoms with Crippen molar-refractivity contribution >= 4 is 11.6 Å². The first-order valence-electron chi connectivity index (χ1n) is 8.49. The largest absolute Gasteiger partial charge is 0.497 e. The first-order valence-corrected chi connectivity index (χ1v) is 8.49. The van der Waals surface area contributed by atoms with Crippen LogP contribution in [0, 0.1) is 0 Å². The summed E-state index contributed by atoms with van der Waals surface area (Å²) in [4.78, 5) is 14.0. The summed E-state index contributed by atoms with van der Waals surface area (Å²) < 4.78 is 17.5. The standard InChI is InChI=1S/C18H23NO4/c1-21-14-7-5-13(6-8-14)19-15(11-17(19)20)16-12-22-18(23-16)9-3-2-4-10-18/h5-8,15-16H,2-4,9-12H2,1H3. The summed E-state index contributed by atoms with van der Waals surface area (Å²) in [6, 6.07) is 7.70. The zero-order valence-corrected chi connectivity index (χ0v) is 13.5. The average Bonchev–Trinajstić information content (AvgIpc) is 2.96. The highest BCUT2D eigenvalue weighted by Crippen LogP contribution is 2.42. The summed E-state index contributed by atoms with van der Waals surface area (Å²) in [7, 11) is 1.64. The summed E-state index contributed by atoms with van der Waals surface area (Å²) in [5.74, 6) is 0.556. The van der Waals surface area contributed by atoms with Gasteiger partial charge in [-0.25, -0.2) is 0 Å². The van der Waals surface area contributed by atoms with Gasteiger partial charge in [0, 0.05) is 18.5 Å². The molecule has 4 rings (SSSR count). The van der Waals surface area contributed by atoms with E-state index in [1.54, 1.807) is 7.11 Å². The van der Waals surface area contributed by atoms with Gasteiger partial charge in [-0.15, -0.1) is 0 Å². The third-order valence-electron chi connectivity index (χ3n) is 5.26. The van der Waals surface area contributed by atoms with Gasteiger partial charge in [-0.2, -0.15) is 0 Å². The second-order valence-electron chi connectivity index (χ2n) is 6.67. The fourth-order valence-electron chi connectivity index (χ4n) is 3.94. The molecular formula is C18H23NO4. The van der Waals surface area contributed by atoms with Crippen LogP contribution in [0.5, 0.6) is 5.75 Å². The van der Waals surface area contributed by atoms with Gasteiger partial charge < -0.3 is 19.1 Å². The van der Waals surface area contributed by atoms with Crippen LogP contribution in [0.4, 0.5) is 5.69 Å². The van der Waals surface area contributed by atoms with Gasteiger partial charge in [-0.1, -0.05) is 6.42 Å². The highest BCUT2D eigenvalue weighted by molar-refractivity contribution is 6.01. The molecule has 0 radical (unpaired) electrons. The molecule has 5 heteroatoms. The van der Waals surface area contributed by atoms with Crippen molar-refractivity contribution in [2.45, 2.75) is 56.5 Å². The zero-order chi connectivity index (χ0) is 15.9. The highest BCUT2D eigenvalue weighted by Gasteiger charge is 2.51. The number of carbonyl (C=O) groups excluding carboxylic acids is 1. The Balaban J connectivity index is 1.47. The lowest BCUT2D eigenvalue weighted by molar-refractivity contribution is -0.190. The van der Waals surface area contributed by atoms with Crippen molar-refractivity contribution in [2.75, 3.05) is 18.6 Å². The van der Waals surface area contributed by atoms with Gasteiger partial charge in [-0.3, -0.25) is 4.79 Å². The second kappa shape index (κ2) is 5.80. The smallest absolute Gasteiger partial charge is 0.229 e. The van der Waals surface area contributed by atoms with E-state index in [2.05, 4.69) is 0 Å². The number of rotatable bonds is 3. The first kappa shape index (κ1) is 15.0. The van der Waals surface area contributed by atoms with Crippen LogP contribution in [0.15, 0.2) is 24.3 Å². The fraction of sp³-hybridized carbons (Fsp3) is 0.611. The van der Waals surface area contributed by atoms with Crippen LogP contribution >= 0.6 is 0 Å². The Bertz CT molecular complexity index is 579. The molecule has 2 unspecified atom stereocenters. The second-order valence-corrected chi connectivity index (χ2v) is 6.67. The number of hydrogen-bond donors (Lipinski definition) is 0. The number of benzene rings is 1. The molecule has 3 fully saturated rings. The quantitative estimate of drug-likeness (QED) is 0.804. The molecule has 0 aromatic heterocycles. The summed E-state index contributed by atoms with van der Waals surface area (Å²) in [5, 5.41) is 0. The van der Waals surface area contributed by atoms with Crippen LogP contribution in [0.1, 0.15) is 38.5 Å². The molecule has 1 amide bonds. The molecule has 2 atom stereocenters. The Hall–Kier alpha value is -1.59. The average molecular weight is 317 g/mol. The van der Waals surface area contributed by atoms with Crippen LogP contribution in [-0.2, 0) is 14.3 Å². The summed E-state index contributed by atoms with van der Waals surface area (Å²) in [6.07, 6.45) is 6.07. The number of β-lactam (4-membered cyclic amide) rings is 1. The Morgan fingerprint density at radius 3 is 2.57 bits per heavy atom. The van der Waals surface area contributed by atoms with Crippen molar-refractivity contribution in [3.05, 3.63) is 24.3 Å². The van der Waals surface area contributed by atoms with Crippen molar-refractivity contribution in [2.24, 2.45) is 0 Å². The highest BCUT2D eigenvalue weighted by atomic mass is 16.7. The van der Waals surface area contributed by atoms with Crippen LogP contribution in [0.3, 0.4) is 0 Å². The summed E-state index contributed by atoms with van der Waals surface area (Å²) in [5.41, 5.74) is 0.903. The molecular weight excluding hydrogens is 294 g/mol. The molecule has 124 valence electrons. The molecule has 0 N–H and O–H groups in total. The van der Waals surface area contributed by atoms with Gasteiger partial charge in [0.1, 0.15) is 11.9 Å². The topological polar surface area (TPSA) is 48.0 Å². The van der Waals surface area contributed by atoms with Crippen molar-refractivity contribution in [1.29, 1.82) is 0 Å². The maximum absolute atomic E-state index is 12.1. The predicted octanol–water partition coefficient (Wildman–Crippen LogP) is 2.88. The molecule has 1 saturated carbocycles. The molecule has 2 saturated heterocycles. The van der Waals surface area contributed by atoms with Crippen molar-refractivity contribution in [1.82, 2.24) is 0 Å². The predicted molar refractivity (Wildman–Crippen MR) is 85.5 cm³/mol. The molecule has 2 aliphatic heterocycles. The van der Waals surface area contributed by atoms with Crippen molar-refractivity contribution in [3.63, 3.8) is 0 Å². The van der Waals surface area contributed by atoms with Gasteiger partial charge in [0.15, 0.2) is 5.79 Å². The van der Waals surface area contributed by atoms with E-state index in [1.165, 1.54) is 19.3 Å². The van der Waals surface area contributed by atoms with E-state index in [9.17, 15) is 4.79 Å². The van der Waals surface area contributed by atoms with Gasteiger partial charge >= 0.3 is 0 Å². The Kier molecular flexibility index (Phi) is 3.77. The number of carbonyl (C=O) groups is 1. The molecule has 1 aromatic rings. The lowest BCUT2D eigenvalue weighted by Gasteiger charge is -2.43. The van der Waals surface area contributed by atoms with Gasteiger partial charge in [0.05, 0.1) is 26.2 Å². The number of methoxy groups -OCH3 is 1. The number of amides is 1. The van der Waals surface area contributed by atoms with E-state index in [4.69, 9.17) is 14.2 Å². The van der Waals surface area contributed by atoms with Crippen molar-refractivity contribution in [3.8, 4) is 5.75 Å². The van der Waals surface area contributed by atoms with Crippen molar-refractivity contribution < 1.29 is 19.0 Å². The number of anilines is 1. The monoisotopic (exact) mass is 317 g/mol. The Labute approximate surface area is 136 Å². The zero-order valence-electron chi connectivity index (χ0n) is 13.5. The first-order chi connectivity index (χ1) is 11.2. The normalized spacial score (nSPS) is 29.6. The van der Waals surface area contributed by atoms with E-state index in [1.807, 2.05) is 29.2 Å². The van der Waals surface area contributed by atoms with Gasteiger partial charge in [-0.05, 0) is 37.1 Å². The maximum Gasteiger partial charge on any atom is 0.229 e. The molecule has 2 heterocycles. The van der Waals surface area contributed by atoms with Crippen LogP contribution in [0.25, 0.3) is 0 Å². The number of hydrogen-bond acceptors (Lipinski definition) is 4. The molecule has 1 spiro atoms. The SMILES string of the molecule is COc1ccc(N2C(=O)CC2C2COC3(CCCCC3)O2)cc1. The fourth-order valence-corrected chi connectivity index (χ4v) is 3.94. The van der Waals surface area contributed by atoms with E-state index < -0.39 is 0 Å². The maximum atomic E-state index is 12.1. The van der Waals surface area contributed by atoms with Gasteiger partial charge in [0.2, 0.25) is 5.91 Å². The lowest BCUT2D eigenvalue weighted by atomic mass is 9.93. The molecule has 1 aromatic carbocycles. The number of nitrogens with zero attached hydrogens (tertiary/aromatic N) is 1. The van der Waals surface area contributed by atoms with Gasteiger partial charge in [0.25, 0.3) is 0 Å². The minimum atomic E-state index is -0.382. The number of ether oxygens (including phenoxy) is 3. The summed E-state index contributed by atoms with van der Waals surface area (Å²) >= 11 is 0. The van der Waals surface area contributed by atoms with E-state index >= 15 is 0 Å².